The number of pyridine rings is 3. The standard InChI is InChI=1S/C21H20N8/c1-2-15(11-22-6-1)26-19-10-14(3-9-25-19)20-28-18-13-24-8-5-17(18)21(29-20)27-16-4-7-23-12-16/h1-3,5-6,8-11,13,16,23H,4,7,12H2,(H,25,26)(H,27,28,29)/t16-/m1/s1. The smallest absolute Gasteiger partial charge is 0.162 e. The van der Waals surface area contributed by atoms with Crippen LogP contribution in [0.3, 0.4) is 0 Å². The quantitative estimate of drug-likeness (QED) is 0.483. The van der Waals surface area contributed by atoms with Gasteiger partial charge in [0.15, 0.2) is 5.82 Å². The first-order chi connectivity index (χ1) is 14.3. The maximum Gasteiger partial charge on any atom is 0.162 e. The van der Waals surface area contributed by atoms with Gasteiger partial charge in [-0.1, -0.05) is 0 Å². The molecule has 0 aliphatic carbocycles. The number of anilines is 3. The summed E-state index contributed by atoms with van der Waals surface area (Å²) in [5, 5.41) is 11.2. The summed E-state index contributed by atoms with van der Waals surface area (Å²) < 4.78 is 0. The van der Waals surface area contributed by atoms with Crippen molar-refractivity contribution in [1.82, 2.24) is 30.2 Å². The van der Waals surface area contributed by atoms with Gasteiger partial charge in [0.2, 0.25) is 0 Å². The summed E-state index contributed by atoms with van der Waals surface area (Å²) in [5.74, 6) is 2.18. The maximum atomic E-state index is 4.84. The number of hydrogen-bond donors (Lipinski definition) is 3. The molecule has 1 aliphatic heterocycles. The average Bonchev–Trinajstić information content (AvgIpc) is 3.28. The van der Waals surface area contributed by atoms with Crippen molar-refractivity contribution in [2.75, 3.05) is 23.7 Å². The van der Waals surface area contributed by atoms with E-state index in [0.717, 1.165) is 47.5 Å². The normalized spacial score (nSPS) is 16.1. The molecule has 5 heterocycles. The van der Waals surface area contributed by atoms with Gasteiger partial charge in [-0.25, -0.2) is 15.0 Å². The SMILES string of the molecule is c1cncc(Nc2cc(-c3nc(N[C@@H]4CCNC4)c4ccncc4n3)ccn2)c1. The molecular formula is C21H20N8. The van der Waals surface area contributed by atoms with Crippen LogP contribution in [0.4, 0.5) is 17.3 Å². The number of aromatic nitrogens is 5. The minimum Gasteiger partial charge on any atom is -0.365 e. The van der Waals surface area contributed by atoms with Crippen molar-refractivity contribution in [2.45, 2.75) is 12.5 Å². The Balaban J connectivity index is 1.52. The zero-order chi connectivity index (χ0) is 19.5. The summed E-state index contributed by atoms with van der Waals surface area (Å²) >= 11 is 0. The van der Waals surface area contributed by atoms with Crippen molar-refractivity contribution in [1.29, 1.82) is 0 Å². The molecule has 8 nitrogen and oxygen atoms in total. The van der Waals surface area contributed by atoms with Crippen molar-refractivity contribution in [3.05, 3.63) is 61.3 Å². The molecule has 0 bridgehead atoms. The van der Waals surface area contributed by atoms with Crippen LogP contribution in [0.25, 0.3) is 22.3 Å². The Bertz CT molecular complexity index is 1130. The highest BCUT2D eigenvalue weighted by Crippen LogP contribution is 2.26. The fourth-order valence-electron chi connectivity index (χ4n) is 3.41. The lowest BCUT2D eigenvalue weighted by Gasteiger charge is -2.15. The molecular weight excluding hydrogens is 364 g/mol. The second kappa shape index (κ2) is 7.76. The third kappa shape index (κ3) is 3.83. The maximum absolute atomic E-state index is 4.84. The summed E-state index contributed by atoms with van der Waals surface area (Å²) in [6.07, 6.45) is 9.85. The first-order valence-corrected chi connectivity index (χ1v) is 9.58. The van der Waals surface area contributed by atoms with Gasteiger partial charge >= 0.3 is 0 Å². The van der Waals surface area contributed by atoms with Crippen LogP contribution in [0, 0.1) is 0 Å². The van der Waals surface area contributed by atoms with Gasteiger partial charge in [-0.15, -0.1) is 0 Å². The Morgan fingerprint density at radius 3 is 2.83 bits per heavy atom. The van der Waals surface area contributed by atoms with E-state index in [1.807, 2.05) is 30.3 Å². The van der Waals surface area contributed by atoms with Gasteiger partial charge in [0, 0.05) is 42.1 Å². The fraction of sp³-hybridized carbons (Fsp3) is 0.190. The Kier molecular flexibility index (Phi) is 4.67. The second-order valence-electron chi connectivity index (χ2n) is 6.92. The van der Waals surface area contributed by atoms with Gasteiger partial charge < -0.3 is 16.0 Å². The lowest BCUT2D eigenvalue weighted by molar-refractivity contribution is 0.789. The van der Waals surface area contributed by atoms with E-state index < -0.39 is 0 Å². The topological polar surface area (TPSA) is 101 Å². The van der Waals surface area contributed by atoms with E-state index in [2.05, 4.69) is 30.9 Å². The number of hydrogen-bond acceptors (Lipinski definition) is 8. The molecule has 1 saturated heterocycles. The number of fused-ring (bicyclic) bond motifs is 1. The Morgan fingerprint density at radius 2 is 1.97 bits per heavy atom. The molecule has 0 amide bonds. The van der Waals surface area contributed by atoms with Gasteiger partial charge in [0.1, 0.15) is 11.6 Å². The van der Waals surface area contributed by atoms with E-state index in [4.69, 9.17) is 9.97 Å². The van der Waals surface area contributed by atoms with Crippen molar-refractivity contribution in [3.63, 3.8) is 0 Å². The lowest BCUT2D eigenvalue weighted by atomic mass is 10.2. The zero-order valence-electron chi connectivity index (χ0n) is 15.7. The molecule has 29 heavy (non-hydrogen) atoms. The Morgan fingerprint density at radius 1 is 1.00 bits per heavy atom. The molecule has 1 aliphatic rings. The predicted octanol–water partition coefficient (Wildman–Crippen LogP) is 3.00. The molecule has 0 unspecified atom stereocenters. The van der Waals surface area contributed by atoms with E-state index in [-0.39, 0.29) is 0 Å². The molecule has 0 aromatic carbocycles. The average molecular weight is 384 g/mol. The van der Waals surface area contributed by atoms with Crippen LogP contribution in [-0.2, 0) is 0 Å². The van der Waals surface area contributed by atoms with E-state index in [9.17, 15) is 0 Å². The van der Waals surface area contributed by atoms with Gasteiger partial charge in [-0.2, -0.15) is 0 Å². The third-order valence-electron chi connectivity index (χ3n) is 4.85. The largest absolute Gasteiger partial charge is 0.365 e. The fourth-order valence-corrected chi connectivity index (χ4v) is 3.41. The minimum atomic E-state index is 0.356. The van der Waals surface area contributed by atoms with Crippen LogP contribution in [0.15, 0.2) is 61.3 Å². The van der Waals surface area contributed by atoms with Gasteiger partial charge in [-0.3, -0.25) is 9.97 Å². The summed E-state index contributed by atoms with van der Waals surface area (Å²) in [6.45, 7) is 1.95. The lowest BCUT2D eigenvalue weighted by Crippen LogP contribution is -2.23. The van der Waals surface area contributed by atoms with Crippen molar-refractivity contribution in [3.8, 4) is 11.4 Å². The highest BCUT2D eigenvalue weighted by molar-refractivity contribution is 5.90. The molecule has 0 radical (unpaired) electrons. The van der Waals surface area contributed by atoms with Crippen LogP contribution in [0.5, 0.6) is 0 Å². The van der Waals surface area contributed by atoms with Crippen LogP contribution in [0.1, 0.15) is 6.42 Å². The monoisotopic (exact) mass is 384 g/mol. The molecule has 4 aromatic heterocycles. The molecule has 0 spiro atoms. The molecule has 5 rings (SSSR count). The summed E-state index contributed by atoms with van der Waals surface area (Å²) in [7, 11) is 0. The zero-order valence-corrected chi connectivity index (χ0v) is 15.7. The molecule has 1 fully saturated rings. The highest BCUT2D eigenvalue weighted by atomic mass is 15.1. The molecule has 4 aromatic rings. The second-order valence-corrected chi connectivity index (χ2v) is 6.92. The molecule has 0 saturated carbocycles. The molecule has 3 N–H and O–H groups in total. The summed E-state index contributed by atoms with van der Waals surface area (Å²) in [6, 6.07) is 9.97. The first-order valence-electron chi connectivity index (χ1n) is 9.58. The van der Waals surface area contributed by atoms with Crippen LogP contribution in [0.2, 0.25) is 0 Å². The van der Waals surface area contributed by atoms with Crippen LogP contribution >= 0.6 is 0 Å². The molecule has 8 heteroatoms. The van der Waals surface area contributed by atoms with E-state index in [1.165, 1.54) is 0 Å². The molecule has 1 atom stereocenters. The minimum absolute atomic E-state index is 0.356. The summed E-state index contributed by atoms with van der Waals surface area (Å²) in [4.78, 5) is 22.3. The molecule has 144 valence electrons. The van der Waals surface area contributed by atoms with Crippen LogP contribution < -0.4 is 16.0 Å². The van der Waals surface area contributed by atoms with Crippen molar-refractivity contribution < 1.29 is 0 Å². The van der Waals surface area contributed by atoms with Crippen molar-refractivity contribution in [2.24, 2.45) is 0 Å². The van der Waals surface area contributed by atoms with Gasteiger partial charge in [0.05, 0.1) is 23.6 Å². The first kappa shape index (κ1) is 17.4. The van der Waals surface area contributed by atoms with Gasteiger partial charge in [-0.05, 0) is 43.3 Å². The van der Waals surface area contributed by atoms with E-state index in [0.29, 0.717) is 17.7 Å². The Hall–Kier alpha value is -3.65. The highest BCUT2D eigenvalue weighted by Gasteiger charge is 2.17. The summed E-state index contributed by atoms with van der Waals surface area (Å²) in [5.41, 5.74) is 2.56. The van der Waals surface area contributed by atoms with E-state index >= 15 is 0 Å². The van der Waals surface area contributed by atoms with Crippen LogP contribution in [-0.4, -0.2) is 44.1 Å². The number of nitrogens with zero attached hydrogens (tertiary/aromatic N) is 5. The third-order valence-corrected chi connectivity index (χ3v) is 4.85. The number of nitrogens with one attached hydrogen (secondary N) is 3. The number of rotatable bonds is 5. The van der Waals surface area contributed by atoms with Crippen molar-refractivity contribution >= 4 is 28.2 Å². The van der Waals surface area contributed by atoms with E-state index in [1.54, 1.807) is 31.0 Å². The Labute approximate surface area is 167 Å². The predicted molar refractivity (Wildman–Crippen MR) is 113 cm³/mol. The van der Waals surface area contributed by atoms with Gasteiger partial charge in [0.25, 0.3) is 0 Å².